The van der Waals surface area contributed by atoms with Gasteiger partial charge in [-0.2, -0.15) is 0 Å². The molecule has 1 fully saturated rings. The van der Waals surface area contributed by atoms with Gasteiger partial charge >= 0.3 is 0 Å². The van der Waals surface area contributed by atoms with Crippen LogP contribution in [0.3, 0.4) is 0 Å². The predicted octanol–water partition coefficient (Wildman–Crippen LogP) is 4.05. The quantitative estimate of drug-likeness (QED) is 0.712. The summed E-state index contributed by atoms with van der Waals surface area (Å²) >= 11 is 0. The van der Waals surface area contributed by atoms with Crippen LogP contribution in [0.5, 0.6) is 0 Å². The van der Waals surface area contributed by atoms with Gasteiger partial charge in [-0.3, -0.25) is 0 Å². The van der Waals surface area contributed by atoms with Gasteiger partial charge in [0, 0.05) is 6.54 Å². The largest absolute Gasteiger partial charge is 0.327 e. The lowest BCUT2D eigenvalue weighted by Crippen LogP contribution is -2.12. The molecule has 0 aromatic rings. The average Bonchev–Trinajstić information content (AvgIpc) is 2.29. The third-order valence-corrected chi connectivity index (χ3v) is 3.78. The molecule has 1 aliphatic rings. The summed E-state index contributed by atoms with van der Waals surface area (Å²) in [7, 11) is 0. The first kappa shape index (κ1) is 13.5. The van der Waals surface area contributed by atoms with Crippen molar-refractivity contribution in [1.82, 2.24) is 0 Å². The van der Waals surface area contributed by atoms with E-state index in [1.54, 1.807) is 0 Å². The summed E-state index contributed by atoms with van der Waals surface area (Å²) < 4.78 is 0. The van der Waals surface area contributed by atoms with E-state index in [1.165, 1.54) is 43.3 Å². The molecule has 0 bridgehead atoms. The molecular weight excluding hydrogens is 194 g/mol. The monoisotopic (exact) mass is 221 g/mol. The van der Waals surface area contributed by atoms with Crippen LogP contribution in [0.1, 0.15) is 52.9 Å². The van der Waals surface area contributed by atoms with Crippen LogP contribution in [0.2, 0.25) is 0 Å². The Morgan fingerprint density at radius 2 is 1.88 bits per heavy atom. The van der Waals surface area contributed by atoms with Gasteiger partial charge in [0.25, 0.3) is 0 Å². The molecule has 1 aliphatic carbocycles. The van der Waals surface area contributed by atoms with Gasteiger partial charge in [0.2, 0.25) is 0 Å². The average molecular weight is 221 g/mol. The van der Waals surface area contributed by atoms with Crippen LogP contribution < -0.4 is 5.73 Å². The van der Waals surface area contributed by atoms with Crippen molar-refractivity contribution in [2.24, 2.45) is 17.6 Å². The van der Waals surface area contributed by atoms with Gasteiger partial charge in [-0.25, -0.2) is 0 Å². The SMILES string of the molecule is C/C=C(\C=C(\C)CC1CCC(C)CC1)CN. The fourth-order valence-electron chi connectivity index (χ4n) is 2.62. The molecule has 1 saturated carbocycles. The number of nitrogens with two attached hydrogens (primary N) is 1. The van der Waals surface area contributed by atoms with E-state index in [9.17, 15) is 0 Å². The highest BCUT2D eigenvalue weighted by Gasteiger charge is 2.18. The maximum Gasteiger partial charge on any atom is 0.0174 e. The van der Waals surface area contributed by atoms with Crippen LogP contribution >= 0.6 is 0 Å². The molecule has 0 aromatic heterocycles. The van der Waals surface area contributed by atoms with Gasteiger partial charge in [0.15, 0.2) is 0 Å². The Kier molecular flexibility index (Phi) is 5.83. The number of hydrogen-bond donors (Lipinski definition) is 1. The highest BCUT2D eigenvalue weighted by molar-refractivity contribution is 5.23. The lowest BCUT2D eigenvalue weighted by Gasteiger charge is -2.26. The van der Waals surface area contributed by atoms with Gasteiger partial charge in [0.1, 0.15) is 0 Å². The van der Waals surface area contributed by atoms with Crippen molar-refractivity contribution in [3.8, 4) is 0 Å². The van der Waals surface area contributed by atoms with E-state index >= 15 is 0 Å². The van der Waals surface area contributed by atoms with Gasteiger partial charge in [-0.15, -0.1) is 0 Å². The predicted molar refractivity (Wildman–Crippen MR) is 72.3 cm³/mol. The maximum atomic E-state index is 5.67. The van der Waals surface area contributed by atoms with E-state index in [0.29, 0.717) is 6.54 Å². The van der Waals surface area contributed by atoms with Crippen molar-refractivity contribution in [1.29, 1.82) is 0 Å². The van der Waals surface area contributed by atoms with Crippen LogP contribution in [0.15, 0.2) is 23.3 Å². The van der Waals surface area contributed by atoms with Gasteiger partial charge < -0.3 is 5.73 Å². The molecule has 92 valence electrons. The Hall–Kier alpha value is -0.560. The molecule has 0 saturated heterocycles. The zero-order chi connectivity index (χ0) is 12.0. The first-order chi connectivity index (χ1) is 7.65. The fourth-order valence-corrected chi connectivity index (χ4v) is 2.62. The second-order valence-electron chi connectivity index (χ2n) is 5.39. The standard InChI is InChI=1S/C15H27N/c1-4-14(11-16)9-13(3)10-15-7-5-12(2)6-8-15/h4,9,12,15H,5-8,10-11,16H2,1-3H3/b13-9-,14-4+. The molecule has 1 heteroatoms. The molecule has 16 heavy (non-hydrogen) atoms. The smallest absolute Gasteiger partial charge is 0.0174 e. The van der Waals surface area contributed by atoms with Crippen LogP contribution in [0.4, 0.5) is 0 Å². The van der Waals surface area contributed by atoms with E-state index in [0.717, 1.165) is 11.8 Å². The molecule has 0 radical (unpaired) electrons. The molecule has 0 aliphatic heterocycles. The summed E-state index contributed by atoms with van der Waals surface area (Å²) in [6.45, 7) is 7.35. The number of hydrogen-bond acceptors (Lipinski definition) is 1. The normalized spacial score (nSPS) is 28.2. The summed E-state index contributed by atoms with van der Waals surface area (Å²) in [5.41, 5.74) is 8.43. The van der Waals surface area contributed by atoms with E-state index < -0.39 is 0 Å². The van der Waals surface area contributed by atoms with Crippen molar-refractivity contribution in [2.45, 2.75) is 52.9 Å². The molecule has 0 amide bonds. The minimum absolute atomic E-state index is 0.662. The summed E-state index contributed by atoms with van der Waals surface area (Å²) in [6, 6.07) is 0. The third-order valence-electron chi connectivity index (χ3n) is 3.78. The highest BCUT2D eigenvalue weighted by atomic mass is 14.5. The third kappa shape index (κ3) is 4.52. The lowest BCUT2D eigenvalue weighted by atomic mass is 9.80. The molecule has 0 heterocycles. The van der Waals surface area contributed by atoms with Crippen molar-refractivity contribution in [2.75, 3.05) is 6.54 Å². The summed E-state index contributed by atoms with van der Waals surface area (Å²) in [5.74, 6) is 1.87. The van der Waals surface area contributed by atoms with Gasteiger partial charge in [0.05, 0.1) is 0 Å². The minimum Gasteiger partial charge on any atom is -0.327 e. The Balaban J connectivity index is 2.42. The maximum absolute atomic E-state index is 5.67. The Labute approximate surface area is 101 Å². The van der Waals surface area contributed by atoms with Crippen molar-refractivity contribution >= 4 is 0 Å². The van der Waals surface area contributed by atoms with Crippen LogP contribution in [0, 0.1) is 11.8 Å². The highest BCUT2D eigenvalue weighted by Crippen LogP contribution is 2.32. The van der Waals surface area contributed by atoms with Crippen LogP contribution in [-0.2, 0) is 0 Å². The number of allylic oxidation sites excluding steroid dienone is 2. The van der Waals surface area contributed by atoms with Gasteiger partial charge in [-0.1, -0.05) is 37.5 Å². The van der Waals surface area contributed by atoms with Crippen molar-refractivity contribution in [3.63, 3.8) is 0 Å². The molecule has 0 unspecified atom stereocenters. The molecular formula is C15H27N. The zero-order valence-electron chi connectivity index (χ0n) is 11.1. The Morgan fingerprint density at radius 3 is 2.38 bits per heavy atom. The van der Waals surface area contributed by atoms with Crippen molar-refractivity contribution in [3.05, 3.63) is 23.3 Å². The van der Waals surface area contributed by atoms with E-state index in [1.807, 2.05) is 0 Å². The van der Waals surface area contributed by atoms with Crippen LogP contribution in [0.25, 0.3) is 0 Å². The first-order valence-electron chi connectivity index (χ1n) is 6.68. The molecule has 1 nitrogen and oxygen atoms in total. The second kappa shape index (κ2) is 6.90. The lowest BCUT2D eigenvalue weighted by molar-refractivity contribution is 0.288. The Morgan fingerprint density at radius 1 is 1.25 bits per heavy atom. The Bertz CT molecular complexity index is 255. The van der Waals surface area contributed by atoms with E-state index in [-0.39, 0.29) is 0 Å². The second-order valence-corrected chi connectivity index (χ2v) is 5.39. The van der Waals surface area contributed by atoms with Crippen LogP contribution in [-0.4, -0.2) is 6.54 Å². The topological polar surface area (TPSA) is 26.0 Å². The zero-order valence-corrected chi connectivity index (χ0v) is 11.1. The first-order valence-corrected chi connectivity index (χ1v) is 6.68. The fraction of sp³-hybridized carbons (Fsp3) is 0.733. The van der Waals surface area contributed by atoms with E-state index in [4.69, 9.17) is 5.73 Å². The summed E-state index contributed by atoms with van der Waals surface area (Å²) in [5, 5.41) is 0. The minimum atomic E-state index is 0.662. The molecule has 0 atom stereocenters. The molecule has 0 aromatic carbocycles. The van der Waals surface area contributed by atoms with Gasteiger partial charge in [-0.05, 0) is 50.5 Å². The molecule has 1 rings (SSSR count). The summed E-state index contributed by atoms with van der Waals surface area (Å²) in [6.07, 6.45) is 11.3. The molecule has 2 N–H and O–H groups in total. The van der Waals surface area contributed by atoms with Crippen molar-refractivity contribution < 1.29 is 0 Å². The van der Waals surface area contributed by atoms with E-state index in [2.05, 4.69) is 32.9 Å². The summed E-state index contributed by atoms with van der Waals surface area (Å²) in [4.78, 5) is 0. The number of rotatable bonds is 4. The molecule has 0 spiro atoms.